The van der Waals surface area contributed by atoms with Gasteiger partial charge in [0.25, 0.3) is 5.91 Å². The summed E-state index contributed by atoms with van der Waals surface area (Å²) >= 11 is 0. The van der Waals surface area contributed by atoms with Crippen LogP contribution in [0.25, 0.3) is 0 Å². The third-order valence-corrected chi connectivity index (χ3v) is 2.38. The molecule has 0 radical (unpaired) electrons. The number of hydrogen-bond acceptors (Lipinski definition) is 2. The Morgan fingerprint density at radius 3 is 3.00 bits per heavy atom. The van der Waals surface area contributed by atoms with Crippen molar-refractivity contribution in [2.24, 2.45) is 0 Å². The van der Waals surface area contributed by atoms with Crippen molar-refractivity contribution in [1.82, 2.24) is 0 Å². The lowest BCUT2D eigenvalue weighted by atomic mass is 10.1. The summed E-state index contributed by atoms with van der Waals surface area (Å²) in [4.78, 5) is 11.3. The molecule has 1 aliphatic heterocycles. The second-order valence-corrected chi connectivity index (χ2v) is 3.43. The molecule has 14 heavy (non-hydrogen) atoms. The first-order valence-corrected chi connectivity index (χ1v) is 4.81. The molecule has 3 nitrogen and oxygen atoms in total. The summed E-state index contributed by atoms with van der Waals surface area (Å²) in [6, 6.07) is 5.88. The summed E-state index contributed by atoms with van der Waals surface area (Å²) in [6.45, 7) is 3.82. The summed E-state index contributed by atoms with van der Waals surface area (Å²) in [5.74, 6) is 0.681. The van der Waals surface area contributed by atoms with Crippen LogP contribution in [0.4, 0.5) is 5.69 Å². The lowest BCUT2D eigenvalue weighted by molar-refractivity contribution is -0.122. The maximum Gasteiger partial charge on any atom is 0.265 e. The summed E-state index contributed by atoms with van der Waals surface area (Å²) in [7, 11) is 0. The zero-order valence-electron chi connectivity index (χ0n) is 8.33. The van der Waals surface area contributed by atoms with E-state index in [9.17, 15) is 4.79 Å². The Kier molecular flexibility index (Phi) is 2.15. The van der Waals surface area contributed by atoms with Crippen molar-refractivity contribution in [2.75, 3.05) is 5.32 Å². The molecule has 2 rings (SSSR count). The summed E-state index contributed by atoms with van der Waals surface area (Å²) in [5, 5.41) is 2.82. The highest BCUT2D eigenvalue weighted by molar-refractivity contribution is 5.97. The normalized spacial score (nSPS) is 19.6. The van der Waals surface area contributed by atoms with Crippen LogP contribution in [0.1, 0.15) is 19.4 Å². The van der Waals surface area contributed by atoms with Gasteiger partial charge in [0.2, 0.25) is 0 Å². The fourth-order valence-electron chi connectivity index (χ4n) is 1.48. The molecule has 1 aromatic carbocycles. The Hall–Kier alpha value is -1.51. The number of anilines is 1. The van der Waals surface area contributed by atoms with E-state index in [0.29, 0.717) is 0 Å². The molecule has 0 fully saturated rings. The van der Waals surface area contributed by atoms with Gasteiger partial charge in [-0.1, -0.05) is 13.0 Å². The molecule has 0 bridgehead atoms. The summed E-state index contributed by atoms with van der Waals surface area (Å²) < 4.78 is 5.43. The maximum absolute atomic E-state index is 11.3. The molecule has 3 heteroatoms. The molecular formula is C11H13NO2. The standard InChI is InChI=1S/C11H13NO2/c1-3-8-4-5-10-9(6-8)12-11(13)7(2)14-10/h4-7H,3H2,1-2H3,(H,12,13). The second kappa shape index (κ2) is 3.33. The van der Waals surface area contributed by atoms with Gasteiger partial charge in [-0.2, -0.15) is 0 Å². The number of amides is 1. The zero-order chi connectivity index (χ0) is 10.1. The van der Waals surface area contributed by atoms with Gasteiger partial charge >= 0.3 is 0 Å². The molecule has 1 N–H and O–H groups in total. The van der Waals surface area contributed by atoms with Gasteiger partial charge in [0.1, 0.15) is 5.75 Å². The molecule has 0 aliphatic carbocycles. The van der Waals surface area contributed by atoms with E-state index in [4.69, 9.17) is 4.74 Å². The topological polar surface area (TPSA) is 38.3 Å². The number of fused-ring (bicyclic) bond motifs is 1. The van der Waals surface area contributed by atoms with Crippen LogP contribution in [-0.4, -0.2) is 12.0 Å². The Morgan fingerprint density at radius 1 is 1.50 bits per heavy atom. The van der Waals surface area contributed by atoms with Gasteiger partial charge in [0.15, 0.2) is 6.10 Å². The van der Waals surface area contributed by atoms with E-state index in [1.807, 2.05) is 18.2 Å². The quantitative estimate of drug-likeness (QED) is 0.737. The predicted octanol–water partition coefficient (Wildman–Crippen LogP) is 1.97. The van der Waals surface area contributed by atoms with Crippen LogP contribution in [0, 0.1) is 0 Å². The van der Waals surface area contributed by atoms with Crippen LogP contribution >= 0.6 is 0 Å². The van der Waals surface area contributed by atoms with Crippen molar-refractivity contribution in [3.05, 3.63) is 23.8 Å². The van der Waals surface area contributed by atoms with Gasteiger partial charge in [-0.25, -0.2) is 0 Å². The van der Waals surface area contributed by atoms with E-state index >= 15 is 0 Å². The minimum absolute atomic E-state index is 0.0780. The molecule has 74 valence electrons. The smallest absolute Gasteiger partial charge is 0.265 e. The molecule has 0 spiro atoms. The first-order chi connectivity index (χ1) is 6.70. The minimum atomic E-state index is -0.394. The first-order valence-electron chi connectivity index (χ1n) is 4.81. The Balaban J connectivity index is 2.37. The van der Waals surface area contributed by atoms with Crippen LogP contribution in [0.2, 0.25) is 0 Å². The van der Waals surface area contributed by atoms with E-state index in [1.165, 1.54) is 5.56 Å². The molecule has 0 saturated carbocycles. The molecular weight excluding hydrogens is 178 g/mol. The number of carbonyl (C=O) groups excluding carboxylic acids is 1. The van der Waals surface area contributed by atoms with E-state index in [1.54, 1.807) is 6.92 Å². The minimum Gasteiger partial charge on any atom is -0.479 e. The van der Waals surface area contributed by atoms with Crippen molar-refractivity contribution in [1.29, 1.82) is 0 Å². The van der Waals surface area contributed by atoms with Crippen LogP contribution in [0.3, 0.4) is 0 Å². The fourth-order valence-corrected chi connectivity index (χ4v) is 1.48. The summed E-state index contributed by atoms with van der Waals surface area (Å²) in [6.07, 6.45) is 0.564. The lowest BCUT2D eigenvalue weighted by Crippen LogP contribution is -2.34. The highest BCUT2D eigenvalue weighted by atomic mass is 16.5. The number of aryl methyl sites for hydroxylation is 1. The van der Waals surface area contributed by atoms with Gasteiger partial charge in [-0.3, -0.25) is 4.79 Å². The third-order valence-electron chi connectivity index (χ3n) is 2.38. The SMILES string of the molecule is CCc1ccc2c(c1)NC(=O)C(C)O2. The number of carbonyl (C=O) groups is 1. The average Bonchev–Trinajstić information content (AvgIpc) is 2.19. The highest BCUT2D eigenvalue weighted by Gasteiger charge is 2.23. The molecule has 0 saturated heterocycles. The highest BCUT2D eigenvalue weighted by Crippen LogP contribution is 2.30. The van der Waals surface area contributed by atoms with Gasteiger partial charge in [-0.05, 0) is 31.0 Å². The van der Waals surface area contributed by atoms with E-state index in [0.717, 1.165) is 17.9 Å². The monoisotopic (exact) mass is 191 g/mol. The van der Waals surface area contributed by atoms with Gasteiger partial charge < -0.3 is 10.1 Å². The van der Waals surface area contributed by atoms with Gasteiger partial charge in [0, 0.05) is 0 Å². The Bertz CT molecular complexity index is 374. The Morgan fingerprint density at radius 2 is 2.29 bits per heavy atom. The number of benzene rings is 1. The number of ether oxygens (including phenoxy) is 1. The number of nitrogens with one attached hydrogen (secondary N) is 1. The molecule has 1 aromatic rings. The molecule has 1 aliphatic rings. The number of rotatable bonds is 1. The van der Waals surface area contributed by atoms with E-state index in [2.05, 4.69) is 12.2 Å². The lowest BCUT2D eigenvalue weighted by Gasteiger charge is -2.23. The van der Waals surface area contributed by atoms with Gasteiger partial charge in [-0.15, -0.1) is 0 Å². The van der Waals surface area contributed by atoms with Crippen molar-refractivity contribution < 1.29 is 9.53 Å². The van der Waals surface area contributed by atoms with Crippen LogP contribution in [0.5, 0.6) is 5.75 Å². The van der Waals surface area contributed by atoms with Crippen molar-refractivity contribution in [3.8, 4) is 5.75 Å². The average molecular weight is 191 g/mol. The van der Waals surface area contributed by atoms with Crippen molar-refractivity contribution in [2.45, 2.75) is 26.4 Å². The predicted molar refractivity (Wildman–Crippen MR) is 54.5 cm³/mol. The molecule has 1 amide bonds. The zero-order valence-corrected chi connectivity index (χ0v) is 8.33. The fraction of sp³-hybridized carbons (Fsp3) is 0.364. The molecule has 1 atom stereocenters. The van der Waals surface area contributed by atoms with Crippen molar-refractivity contribution in [3.63, 3.8) is 0 Å². The summed E-state index contributed by atoms with van der Waals surface area (Å²) in [5.41, 5.74) is 1.98. The maximum atomic E-state index is 11.3. The molecule has 1 heterocycles. The Labute approximate surface area is 83.1 Å². The van der Waals surface area contributed by atoms with Gasteiger partial charge in [0.05, 0.1) is 5.69 Å². The van der Waals surface area contributed by atoms with Crippen molar-refractivity contribution >= 4 is 11.6 Å². The van der Waals surface area contributed by atoms with Crippen LogP contribution in [-0.2, 0) is 11.2 Å². The van der Waals surface area contributed by atoms with E-state index in [-0.39, 0.29) is 5.91 Å². The number of hydrogen-bond donors (Lipinski definition) is 1. The molecule has 1 unspecified atom stereocenters. The third kappa shape index (κ3) is 1.45. The van der Waals surface area contributed by atoms with Crippen LogP contribution < -0.4 is 10.1 Å². The van der Waals surface area contributed by atoms with E-state index < -0.39 is 6.10 Å². The largest absolute Gasteiger partial charge is 0.479 e. The van der Waals surface area contributed by atoms with Crippen LogP contribution in [0.15, 0.2) is 18.2 Å². The second-order valence-electron chi connectivity index (χ2n) is 3.43. The molecule has 0 aromatic heterocycles. The first kappa shape index (κ1) is 9.06.